The summed E-state index contributed by atoms with van der Waals surface area (Å²) < 4.78 is 1.15. The second-order valence-electron chi connectivity index (χ2n) is 4.80. The highest BCUT2D eigenvalue weighted by atomic mass is 127. The van der Waals surface area contributed by atoms with E-state index in [9.17, 15) is 4.79 Å². The number of anilines is 1. The van der Waals surface area contributed by atoms with Crippen molar-refractivity contribution in [3.8, 4) is 0 Å². The van der Waals surface area contributed by atoms with Crippen molar-refractivity contribution in [3.63, 3.8) is 0 Å². The van der Waals surface area contributed by atoms with Crippen molar-refractivity contribution in [1.29, 1.82) is 0 Å². The molecule has 1 N–H and O–H groups in total. The number of aromatic nitrogens is 1. The Kier molecular flexibility index (Phi) is 3.88. The minimum atomic E-state index is -0.190. The first-order valence-corrected chi connectivity index (χ1v) is 7.65. The minimum Gasteiger partial charge on any atom is -0.320 e. The van der Waals surface area contributed by atoms with Crippen LogP contribution in [0.2, 0.25) is 0 Å². The van der Waals surface area contributed by atoms with Crippen molar-refractivity contribution in [2.75, 3.05) is 5.32 Å². The molecule has 0 atom stereocenters. The highest BCUT2D eigenvalue weighted by Gasteiger charge is 2.10. The molecule has 1 aromatic heterocycles. The van der Waals surface area contributed by atoms with E-state index in [1.165, 1.54) is 0 Å². The molecule has 2 aromatic carbocycles. The quantitative estimate of drug-likeness (QED) is 0.662. The molecule has 104 valence electrons. The second-order valence-corrected chi connectivity index (χ2v) is 6.05. The van der Waals surface area contributed by atoms with Crippen molar-refractivity contribution < 1.29 is 4.79 Å². The van der Waals surface area contributed by atoms with Gasteiger partial charge in [-0.3, -0.25) is 4.79 Å². The average molecular weight is 388 g/mol. The number of pyridine rings is 1. The zero-order valence-electron chi connectivity index (χ0n) is 11.4. The van der Waals surface area contributed by atoms with E-state index in [2.05, 4.69) is 32.9 Å². The summed E-state index contributed by atoms with van der Waals surface area (Å²) >= 11 is 2.25. The molecule has 0 bridgehead atoms. The van der Waals surface area contributed by atoms with Crippen molar-refractivity contribution in [2.24, 2.45) is 0 Å². The van der Waals surface area contributed by atoms with E-state index in [4.69, 9.17) is 0 Å². The summed E-state index contributed by atoms with van der Waals surface area (Å²) in [5, 5.41) is 3.94. The van der Waals surface area contributed by atoms with E-state index in [1.54, 1.807) is 6.07 Å². The molecule has 0 aliphatic heterocycles. The van der Waals surface area contributed by atoms with Crippen molar-refractivity contribution >= 4 is 45.1 Å². The maximum Gasteiger partial charge on any atom is 0.274 e. The summed E-state index contributed by atoms with van der Waals surface area (Å²) in [5.74, 6) is -0.190. The molecule has 0 aliphatic carbocycles. The van der Waals surface area contributed by atoms with Gasteiger partial charge in [-0.25, -0.2) is 4.98 Å². The van der Waals surface area contributed by atoms with Gasteiger partial charge < -0.3 is 5.32 Å². The van der Waals surface area contributed by atoms with Gasteiger partial charge in [-0.15, -0.1) is 0 Å². The van der Waals surface area contributed by atoms with Crippen LogP contribution < -0.4 is 5.32 Å². The number of para-hydroxylation sites is 1. The van der Waals surface area contributed by atoms with Gasteiger partial charge in [-0.1, -0.05) is 24.3 Å². The van der Waals surface area contributed by atoms with Crippen molar-refractivity contribution in [3.05, 3.63) is 69.4 Å². The van der Waals surface area contributed by atoms with E-state index < -0.39 is 0 Å². The Balaban J connectivity index is 1.89. The lowest BCUT2D eigenvalue weighted by Crippen LogP contribution is -2.14. The van der Waals surface area contributed by atoms with Crippen LogP contribution in [0.3, 0.4) is 0 Å². The zero-order valence-corrected chi connectivity index (χ0v) is 13.6. The van der Waals surface area contributed by atoms with Gasteiger partial charge in [0.05, 0.1) is 5.52 Å². The van der Waals surface area contributed by atoms with Gasteiger partial charge in [-0.05, 0) is 65.4 Å². The number of rotatable bonds is 2. The summed E-state index contributed by atoms with van der Waals surface area (Å²) in [7, 11) is 0. The van der Waals surface area contributed by atoms with E-state index in [-0.39, 0.29) is 5.91 Å². The number of nitrogens with one attached hydrogen (secondary N) is 1. The second kappa shape index (κ2) is 5.81. The number of carbonyl (C=O) groups is 1. The number of hydrogen-bond donors (Lipinski definition) is 1. The molecular weight excluding hydrogens is 375 g/mol. The largest absolute Gasteiger partial charge is 0.320 e. The topological polar surface area (TPSA) is 42.0 Å². The van der Waals surface area contributed by atoms with Crippen molar-refractivity contribution in [1.82, 2.24) is 4.98 Å². The molecule has 0 spiro atoms. The summed E-state index contributed by atoms with van der Waals surface area (Å²) in [5.41, 5.74) is 3.10. The Morgan fingerprint density at radius 3 is 2.71 bits per heavy atom. The molecular formula is C17H13IN2O. The normalized spacial score (nSPS) is 10.6. The van der Waals surface area contributed by atoms with E-state index in [1.807, 2.05) is 55.5 Å². The molecule has 21 heavy (non-hydrogen) atoms. The average Bonchev–Trinajstić information content (AvgIpc) is 2.49. The standard InChI is InChI=1S/C17H13IN2O/c1-11-10-13(18)7-9-14(11)20-17(21)16-8-6-12-4-2-3-5-15(12)19-16/h2-10H,1H3,(H,20,21). The molecule has 4 heteroatoms. The number of nitrogens with zero attached hydrogens (tertiary/aromatic N) is 1. The third kappa shape index (κ3) is 3.05. The predicted molar refractivity (Wildman–Crippen MR) is 93.6 cm³/mol. The van der Waals surface area contributed by atoms with Gasteiger partial charge in [0.2, 0.25) is 0 Å². The molecule has 0 saturated carbocycles. The Morgan fingerprint density at radius 1 is 1.10 bits per heavy atom. The maximum atomic E-state index is 12.3. The lowest BCUT2D eigenvalue weighted by atomic mass is 10.2. The van der Waals surface area contributed by atoms with E-state index >= 15 is 0 Å². The lowest BCUT2D eigenvalue weighted by molar-refractivity contribution is 0.102. The fourth-order valence-corrected chi connectivity index (χ4v) is 2.79. The van der Waals surface area contributed by atoms with E-state index in [0.717, 1.165) is 25.7 Å². The number of fused-ring (bicyclic) bond motifs is 1. The number of hydrogen-bond acceptors (Lipinski definition) is 2. The summed E-state index contributed by atoms with van der Waals surface area (Å²) in [6, 6.07) is 17.3. The molecule has 1 amide bonds. The smallest absolute Gasteiger partial charge is 0.274 e. The maximum absolute atomic E-state index is 12.3. The number of amides is 1. The summed E-state index contributed by atoms with van der Waals surface area (Å²) in [6.07, 6.45) is 0. The van der Waals surface area contributed by atoms with Crippen molar-refractivity contribution in [2.45, 2.75) is 6.92 Å². The van der Waals surface area contributed by atoms with Crippen LogP contribution in [0.25, 0.3) is 10.9 Å². The molecule has 0 aliphatic rings. The van der Waals surface area contributed by atoms with Crippen LogP contribution in [0.5, 0.6) is 0 Å². The fraction of sp³-hybridized carbons (Fsp3) is 0.0588. The van der Waals surface area contributed by atoms with E-state index in [0.29, 0.717) is 5.69 Å². The molecule has 0 fully saturated rings. The van der Waals surface area contributed by atoms with Gasteiger partial charge in [0.1, 0.15) is 5.69 Å². The summed E-state index contributed by atoms with van der Waals surface area (Å²) in [4.78, 5) is 16.7. The van der Waals surface area contributed by atoms with Gasteiger partial charge in [0.15, 0.2) is 0 Å². The molecule has 3 rings (SSSR count). The Hall–Kier alpha value is -1.95. The first kappa shape index (κ1) is 14.0. The first-order valence-electron chi connectivity index (χ1n) is 6.57. The Bertz CT molecular complexity index is 830. The SMILES string of the molecule is Cc1cc(I)ccc1NC(=O)c1ccc2ccccc2n1. The first-order chi connectivity index (χ1) is 10.1. The number of benzene rings is 2. The van der Waals surface area contributed by atoms with Crippen LogP contribution in [-0.4, -0.2) is 10.9 Å². The number of halogens is 1. The van der Waals surface area contributed by atoms with Gasteiger partial charge in [-0.2, -0.15) is 0 Å². The number of aryl methyl sites for hydroxylation is 1. The lowest BCUT2D eigenvalue weighted by Gasteiger charge is -2.09. The van der Waals surface area contributed by atoms with Crippen LogP contribution in [0.15, 0.2) is 54.6 Å². The molecule has 0 radical (unpaired) electrons. The third-order valence-electron chi connectivity index (χ3n) is 3.27. The van der Waals surface area contributed by atoms with Crippen LogP contribution in [0.1, 0.15) is 16.1 Å². The fourth-order valence-electron chi connectivity index (χ4n) is 2.15. The molecule has 3 aromatic rings. The third-order valence-corrected chi connectivity index (χ3v) is 3.94. The highest BCUT2D eigenvalue weighted by Crippen LogP contribution is 2.19. The zero-order chi connectivity index (χ0) is 14.8. The Labute approximate surface area is 136 Å². The monoisotopic (exact) mass is 388 g/mol. The molecule has 1 heterocycles. The van der Waals surface area contributed by atoms with Crippen LogP contribution in [-0.2, 0) is 0 Å². The summed E-state index contributed by atoms with van der Waals surface area (Å²) in [6.45, 7) is 1.98. The predicted octanol–water partition coefficient (Wildman–Crippen LogP) is 4.40. The number of carbonyl (C=O) groups excluding carboxylic acids is 1. The van der Waals surface area contributed by atoms with Gasteiger partial charge in [0.25, 0.3) is 5.91 Å². The van der Waals surface area contributed by atoms with Gasteiger partial charge in [0, 0.05) is 14.6 Å². The van der Waals surface area contributed by atoms with Crippen LogP contribution in [0.4, 0.5) is 5.69 Å². The highest BCUT2D eigenvalue weighted by molar-refractivity contribution is 14.1. The molecule has 0 saturated heterocycles. The van der Waals surface area contributed by atoms with Gasteiger partial charge >= 0.3 is 0 Å². The van der Waals surface area contributed by atoms with Crippen LogP contribution in [0, 0.1) is 10.5 Å². The Morgan fingerprint density at radius 2 is 1.90 bits per heavy atom. The molecule has 0 unspecified atom stereocenters. The minimum absolute atomic E-state index is 0.190. The van der Waals surface area contributed by atoms with Crippen LogP contribution >= 0.6 is 22.6 Å². The molecule has 3 nitrogen and oxygen atoms in total.